The lowest BCUT2D eigenvalue weighted by molar-refractivity contribution is -0.112. The van der Waals surface area contributed by atoms with Gasteiger partial charge in [0.15, 0.2) is 0 Å². The molecule has 4 rings (SSSR count). The van der Waals surface area contributed by atoms with Crippen molar-refractivity contribution in [2.45, 2.75) is 37.8 Å². The monoisotopic (exact) mass is 497 g/mol. The Kier molecular flexibility index (Phi) is 8.08. The van der Waals surface area contributed by atoms with E-state index in [9.17, 15) is 14.4 Å². The van der Waals surface area contributed by atoms with Crippen molar-refractivity contribution in [3.63, 3.8) is 0 Å². The fourth-order valence-electron chi connectivity index (χ4n) is 4.44. The van der Waals surface area contributed by atoms with Crippen LogP contribution in [0.5, 0.6) is 0 Å². The van der Waals surface area contributed by atoms with Crippen LogP contribution in [-0.4, -0.2) is 52.3 Å². The maximum Gasteiger partial charge on any atom is 0.251 e. The average molecular weight is 498 g/mol. The van der Waals surface area contributed by atoms with Gasteiger partial charge >= 0.3 is 0 Å². The van der Waals surface area contributed by atoms with Gasteiger partial charge in [-0.3, -0.25) is 14.4 Å². The number of amides is 1. The number of benzene rings is 2. The molecule has 1 aromatic heterocycles. The minimum Gasteiger partial charge on any atom is -0.341 e. The first-order chi connectivity index (χ1) is 16.4. The molecule has 0 saturated carbocycles. The molecule has 178 valence electrons. The highest BCUT2D eigenvalue weighted by molar-refractivity contribution is 8.13. The summed E-state index contributed by atoms with van der Waals surface area (Å²) in [4.78, 5) is 43.6. The minimum absolute atomic E-state index is 0.104. The second-order valence-electron chi connectivity index (χ2n) is 8.67. The molecule has 1 saturated heterocycles. The van der Waals surface area contributed by atoms with Crippen molar-refractivity contribution in [3.05, 3.63) is 81.1 Å². The lowest BCUT2D eigenvalue weighted by Crippen LogP contribution is -2.41. The molecule has 0 spiro atoms. The van der Waals surface area contributed by atoms with Crippen LogP contribution in [0.15, 0.2) is 59.4 Å². The van der Waals surface area contributed by atoms with Crippen molar-refractivity contribution in [1.82, 2.24) is 15.2 Å². The van der Waals surface area contributed by atoms with Crippen LogP contribution in [0.4, 0.5) is 0 Å². The lowest BCUT2D eigenvalue weighted by Gasteiger charge is -2.21. The van der Waals surface area contributed by atoms with Crippen LogP contribution in [0.3, 0.4) is 0 Å². The third-order valence-corrected chi connectivity index (χ3v) is 7.58. The number of aromatic amines is 1. The van der Waals surface area contributed by atoms with Crippen molar-refractivity contribution < 1.29 is 9.59 Å². The molecule has 2 atom stereocenters. The van der Waals surface area contributed by atoms with E-state index in [1.807, 2.05) is 24.3 Å². The van der Waals surface area contributed by atoms with Gasteiger partial charge in [-0.25, -0.2) is 0 Å². The van der Waals surface area contributed by atoms with E-state index >= 15 is 0 Å². The fraction of sp³-hybridized carbons (Fsp3) is 0.346. The van der Waals surface area contributed by atoms with Gasteiger partial charge in [-0.15, -0.1) is 0 Å². The SMILES string of the molecule is CN1CCCC1CCSC(=O)C(Cc1cc(=O)[nH]c2ccccc12)NC(=O)c1ccc(Cl)cc1. The summed E-state index contributed by atoms with van der Waals surface area (Å²) in [6.07, 6.45) is 3.51. The molecule has 0 aliphatic carbocycles. The average Bonchev–Trinajstić information content (AvgIpc) is 3.23. The Morgan fingerprint density at radius 2 is 1.97 bits per heavy atom. The van der Waals surface area contributed by atoms with Gasteiger partial charge in [-0.1, -0.05) is 41.6 Å². The highest BCUT2D eigenvalue weighted by Crippen LogP contribution is 2.22. The van der Waals surface area contributed by atoms with Gasteiger partial charge < -0.3 is 15.2 Å². The summed E-state index contributed by atoms with van der Waals surface area (Å²) in [6, 6.07) is 15.3. The van der Waals surface area contributed by atoms with Gasteiger partial charge in [0.1, 0.15) is 6.04 Å². The summed E-state index contributed by atoms with van der Waals surface area (Å²) < 4.78 is 0. The zero-order chi connectivity index (χ0) is 24.1. The molecule has 2 aromatic carbocycles. The van der Waals surface area contributed by atoms with Gasteiger partial charge in [-0.05, 0) is 68.8 Å². The molecule has 3 aromatic rings. The number of H-pyrrole nitrogens is 1. The molecule has 2 N–H and O–H groups in total. The first kappa shape index (κ1) is 24.5. The van der Waals surface area contributed by atoms with Crippen molar-refractivity contribution in [2.24, 2.45) is 0 Å². The standard InChI is InChI=1S/C26H28ClN3O3S/c1-30-13-4-5-20(30)12-14-34-26(33)23(29-25(32)17-8-10-19(27)11-9-17)15-18-16-24(31)28-22-7-3-2-6-21(18)22/h2-3,6-11,16,20,23H,4-5,12-15H2,1H3,(H,28,31)(H,29,32). The normalized spacial score (nSPS) is 17.1. The zero-order valence-electron chi connectivity index (χ0n) is 19.1. The Morgan fingerprint density at radius 1 is 1.21 bits per heavy atom. The van der Waals surface area contributed by atoms with E-state index in [4.69, 9.17) is 11.6 Å². The summed E-state index contributed by atoms with van der Waals surface area (Å²) in [5, 5.41) is 4.19. The van der Waals surface area contributed by atoms with Crippen molar-refractivity contribution in [3.8, 4) is 0 Å². The van der Waals surface area contributed by atoms with E-state index in [2.05, 4.69) is 22.2 Å². The van der Waals surface area contributed by atoms with E-state index in [1.54, 1.807) is 24.3 Å². The highest BCUT2D eigenvalue weighted by atomic mass is 35.5. The summed E-state index contributed by atoms with van der Waals surface area (Å²) in [5.41, 5.74) is 1.62. The summed E-state index contributed by atoms with van der Waals surface area (Å²) in [7, 11) is 2.12. The molecule has 34 heavy (non-hydrogen) atoms. The van der Waals surface area contributed by atoms with Crippen molar-refractivity contribution >= 4 is 45.3 Å². The third kappa shape index (κ3) is 6.09. The quantitative estimate of drug-likeness (QED) is 0.485. The number of halogens is 1. The molecule has 1 aliphatic heterocycles. The number of hydrogen-bond donors (Lipinski definition) is 2. The molecule has 0 bridgehead atoms. The highest BCUT2D eigenvalue weighted by Gasteiger charge is 2.25. The first-order valence-corrected chi connectivity index (χ1v) is 12.8. The predicted octanol–water partition coefficient (Wildman–Crippen LogP) is 4.27. The summed E-state index contributed by atoms with van der Waals surface area (Å²) in [5.74, 6) is 0.345. The number of nitrogens with one attached hydrogen (secondary N) is 2. The lowest BCUT2D eigenvalue weighted by atomic mass is 10.0. The predicted molar refractivity (Wildman–Crippen MR) is 139 cm³/mol. The number of carbonyl (C=O) groups is 2. The maximum atomic E-state index is 13.3. The topological polar surface area (TPSA) is 82.3 Å². The van der Waals surface area contributed by atoms with Crippen LogP contribution in [0, 0.1) is 0 Å². The Labute approximate surface area is 208 Å². The van der Waals surface area contributed by atoms with Crippen LogP contribution in [-0.2, 0) is 11.2 Å². The van der Waals surface area contributed by atoms with Crippen LogP contribution < -0.4 is 10.9 Å². The van der Waals surface area contributed by atoms with Crippen LogP contribution >= 0.6 is 23.4 Å². The van der Waals surface area contributed by atoms with E-state index in [1.165, 1.54) is 24.2 Å². The number of carbonyl (C=O) groups excluding carboxylic acids is 2. The van der Waals surface area contributed by atoms with Crippen LogP contribution in [0.25, 0.3) is 10.9 Å². The maximum absolute atomic E-state index is 13.3. The van der Waals surface area contributed by atoms with E-state index in [-0.39, 0.29) is 23.0 Å². The van der Waals surface area contributed by atoms with Crippen molar-refractivity contribution in [1.29, 1.82) is 0 Å². The Morgan fingerprint density at radius 3 is 2.71 bits per heavy atom. The first-order valence-electron chi connectivity index (χ1n) is 11.4. The molecule has 0 radical (unpaired) electrons. The molecule has 1 fully saturated rings. The van der Waals surface area contributed by atoms with E-state index in [0.717, 1.165) is 30.3 Å². The second kappa shape index (κ2) is 11.2. The number of fused-ring (bicyclic) bond motifs is 1. The number of para-hydroxylation sites is 1. The number of rotatable bonds is 8. The molecule has 2 heterocycles. The summed E-state index contributed by atoms with van der Waals surface area (Å²) >= 11 is 7.20. The van der Waals surface area contributed by atoms with Gasteiger partial charge in [0, 0.05) is 45.8 Å². The number of hydrogen-bond acceptors (Lipinski definition) is 5. The Balaban J connectivity index is 1.53. The van der Waals surface area contributed by atoms with Crippen LogP contribution in [0.2, 0.25) is 5.02 Å². The molecular weight excluding hydrogens is 470 g/mol. The molecule has 1 aliphatic rings. The number of thioether (sulfide) groups is 1. The van der Waals surface area contributed by atoms with E-state index in [0.29, 0.717) is 27.9 Å². The van der Waals surface area contributed by atoms with Gasteiger partial charge in [0.25, 0.3) is 5.91 Å². The Hall–Kier alpha value is -2.61. The van der Waals surface area contributed by atoms with Crippen LogP contribution in [0.1, 0.15) is 35.2 Å². The third-order valence-electron chi connectivity index (χ3n) is 6.32. The Bertz CT molecular complexity index is 1230. The molecular formula is C26H28ClN3O3S. The van der Waals surface area contributed by atoms with Gasteiger partial charge in [-0.2, -0.15) is 0 Å². The van der Waals surface area contributed by atoms with E-state index < -0.39 is 6.04 Å². The molecule has 1 amide bonds. The zero-order valence-corrected chi connectivity index (χ0v) is 20.6. The van der Waals surface area contributed by atoms with Crippen molar-refractivity contribution in [2.75, 3.05) is 19.3 Å². The number of aromatic nitrogens is 1. The second-order valence-corrected chi connectivity index (χ2v) is 10.2. The largest absolute Gasteiger partial charge is 0.341 e. The molecule has 8 heteroatoms. The number of pyridine rings is 1. The smallest absolute Gasteiger partial charge is 0.251 e. The minimum atomic E-state index is -0.764. The number of nitrogens with zero attached hydrogens (tertiary/aromatic N) is 1. The van der Waals surface area contributed by atoms with Gasteiger partial charge in [0.2, 0.25) is 10.7 Å². The van der Waals surface area contributed by atoms with Gasteiger partial charge in [0.05, 0.1) is 0 Å². The fourth-order valence-corrected chi connectivity index (χ4v) is 5.50. The molecule has 6 nitrogen and oxygen atoms in total. The number of likely N-dealkylation sites (tertiary alicyclic amines) is 1. The summed E-state index contributed by atoms with van der Waals surface area (Å²) in [6.45, 7) is 1.10. The molecule has 2 unspecified atom stereocenters.